The number of carbonyl (C=O) groups is 3. The van der Waals surface area contributed by atoms with Crippen LogP contribution in [0.4, 0.5) is 10.5 Å². The summed E-state index contributed by atoms with van der Waals surface area (Å²) in [5.41, 5.74) is 4.21. The number of nitrogens with one attached hydrogen (secondary N) is 1. The molecular formula is C27H22Cl2N2O4S. The average Bonchev–Trinajstić information content (AvgIpc) is 3.08. The number of hydrogen-bond donors (Lipinski definition) is 1. The first-order valence-corrected chi connectivity index (χ1v) is 12.6. The first-order valence-electron chi connectivity index (χ1n) is 11.0. The summed E-state index contributed by atoms with van der Waals surface area (Å²) in [6.07, 6.45) is 1.61. The molecule has 6 nitrogen and oxygen atoms in total. The second kappa shape index (κ2) is 11.2. The number of halogens is 2. The van der Waals surface area contributed by atoms with Crippen LogP contribution in [0.3, 0.4) is 0 Å². The average molecular weight is 541 g/mol. The molecule has 9 heteroatoms. The number of imide groups is 1. The van der Waals surface area contributed by atoms with Crippen LogP contribution >= 0.6 is 35.0 Å². The molecule has 1 heterocycles. The van der Waals surface area contributed by atoms with E-state index in [4.69, 9.17) is 27.9 Å². The van der Waals surface area contributed by atoms with E-state index in [1.165, 1.54) is 0 Å². The summed E-state index contributed by atoms with van der Waals surface area (Å²) in [4.78, 5) is 39.0. The standard InChI is InChI=1S/C27H22Cl2N2O4S/c1-16-6-9-21(10-17(16)2)30-25(32)14-31-26(33)24(36-27(31)34)12-18-4-3-5-22(11-18)35-15-19-7-8-20(28)13-23(19)29/h3-13H,14-15H2,1-2H3,(H,30,32)/b24-12+. The number of anilines is 1. The number of aryl methyl sites for hydroxylation is 2. The molecule has 1 N–H and O–H groups in total. The highest BCUT2D eigenvalue weighted by atomic mass is 35.5. The van der Waals surface area contributed by atoms with Crippen molar-refractivity contribution in [2.45, 2.75) is 20.5 Å². The van der Waals surface area contributed by atoms with Gasteiger partial charge in [0, 0.05) is 21.3 Å². The Labute approximate surface area is 223 Å². The Morgan fingerprint density at radius 1 is 1.03 bits per heavy atom. The number of rotatable bonds is 7. The van der Waals surface area contributed by atoms with Gasteiger partial charge in [-0.25, -0.2) is 0 Å². The second-order valence-electron chi connectivity index (χ2n) is 8.21. The third-order valence-corrected chi connectivity index (χ3v) is 7.03. The lowest BCUT2D eigenvalue weighted by molar-refractivity contribution is -0.127. The second-order valence-corrected chi connectivity index (χ2v) is 10.0. The lowest BCUT2D eigenvalue weighted by atomic mass is 10.1. The number of carbonyl (C=O) groups excluding carboxylic acids is 3. The molecule has 0 atom stereocenters. The molecular weight excluding hydrogens is 519 g/mol. The molecule has 0 spiro atoms. The molecule has 0 aromatic heterocycles. The Kier molecular flexibility index (Phi) is 8.04. The summed E-state index contributed by atoms with van der Waals surface area (Å²) in [5.74, 6) is -0.390. The van der Waals surface area contributed by atoms with Crippen molar-refractivity contribution in [3.63, 3.8) is 0 Å². The highest BCUT2D eigenvalue weighted by Crippen LogP contribution is 2.33. The molecule has 1 aliphatic rings. The normalized spacial score (nSPS) is 14.4. The lowest BCUT2D eigenvalue weighted by Crippen LogP contribution is -2.36. The van der Waals surface area contributed by atoms with E-state index < -0.39 is 17.1 Å². The van der Waals surface area contributed by atoms with Gasteiger partial charge in [0.2, 0.25) is 5.91 Å². The minimum Gasteiger partial charge on any atom is -0.489 e. The van der Waals surface area contributed by atoms with Crippen molar-refractivity contribution in [3.8, 4) is 5.75 Å². The quantitative estimate of drug-likeness (QED) is 0.331. The van der Waals surface area contributed by atoms with Crippen LogP contribution in [0.2, 0.25) is 10.0 Å². The van der Waals surface area contributed by atoms with E-state index in [1.807, 2.05) is 26.0 Å². The van der Waals surface area contributed by atoms with Crippen LogP contribution in [0.5, 0.6) is 5.75 Å². The Morgan fingerprint density at radius 2 is 1.83 bits per heavy atom. The van der Waals surface area contributed by atoms with Crippen LogP contribution in [-0.2, 0) is 16.2 Å². The van der Waals surface area contributed by atoms with Crippen molar-refractivity contribution in [3.05, 3.63) is 97.9 Å². The van der Waals surface area contributed by atoms with Gasteiger partial charge in [-0.3, -0.25) is 19.3 Å². The zero-order valence-corrected chi connectivity index (χ0v) is 21.8. The summed E-state index contributed by atoms with van der Waals surface area (Å²) in [7, 11) is 0. The predicted octanol–water partition coefficient (Wildman–Crippen LogP) is 6.86. The third-order valence-electron chi connectivity index (χ3n) is 5.53. The molecule has 0 unspecified atom stereocenters. The predicted molar refractivity (Wildman–Crippen MR) is 144 cm³/mol. The van der Waals surface area contributed by atoms with Gasteiger partial charge in [0.1, 0.15) is 18.9 Å². The molecule has 0 saturated carbocycles. The molecule has 1 saturated heterocycles. The van der Waals surface area contributed by atoms with Crippen molar-refractivity contribution >= 4 is 63.8 Å². The van der Waals surface area contributed by atoms with Gasteiger partial charge < -0.3 is 10.1 Å². The molecule has 3 amide bonds. The van der Waals surface area contributed by atoms with Crippen molar-refractivity contribution in [2.24, 2.45) is 0 Å². The van der Waals surface area contributed by atoms with Gasteiger partial charge in [0.15, 0.2) is 0 Å². The number of ether oxygens (including phenoxy) is 1. The van der Waals surface area contributed by atoms with Gasteiger partial charge in [-0.05, 0) is 84.8 Å². The minimum absolute atomic E-state index is 0.233. The first-order chi connectivity index (χ1) is 17.2. The molecule has 4 rings (SSSR count). The first kappa shape index (κ1) is 25.8. The third kappa shape index (κ3) is 6.29. The molecule has 0 bridgehead atoms. The summed E-state index contributed by atoms with van der Waals surface area (Å²) in [5, 5.41) is 3.30. The minimum atomic E-state index is -0.514. The zero-order valence-electron chi connectivity index (χ0n) is 19.5. The largest absolute Gasteiger partial charge is 0.489 e. The summed E-state index contributed by atoms with van der Waals surface area (Å²) in [6.45, 7) is 3.80. The Hall–Kier alpha value is -3.26. The number of thioether (sulfide) groups is 1. The fraction of sp³-hybridized carbons (Fsp3) is 0.148. The van der Waals surface area contributed by atoms with Crippen molar-refractivity contribution in [2.75, 3.05) is 11.9 Å². The van der Waals surface area contributed by atoms with Crippen molar-refractivity contribution in [1.29, 1.82) is 0 Å². The summed E-state index contributed by atoms with van der Waals surface area (Å²) in [6, 6.07) is 17.8. The van der Waals surface area contributed by atoms with E-state index in [0.29, 0.717) is 27.0 Å². The van der Waals surface area contributed by atoms with E-state index in [2.05, 4.69) is 5.32 Å². The SMILES string of the molecule is Cc1ccc(NC(=O)CN2C(=O)S/C(=C/c3cccc(OCc4ccc(Cl)cc4Cl)c3)C2=O)cc1C. The van der Waals surface area contributed by atoms with E-state index in [9.17, 15) is 14.4 Å². The maximum atomic E-state index is 12.8. The smallest absolute Gasteiger partial charge is 0.294 e. The Bertz CT molecular complexity index is 1390. The fourth-order valence-corrected chi connectivity index (χ4v) is 4.75. The zero-order chi connectivity index (χ0) is 25.8. The van der Waals surface area contributed by atoms with Crippen LogP contribution < -0.4 is 10.1 Å². The molecule has 0 aliphatic carbocycles. The van der Waals surface area contributed by atoms with E-state index in [1.54, 1.807) is 54.6 Å². The van der Waals surface area contributed by atoms with Crippen LogP contribution in [0.25, 0.3) is 6.08 Å². The van der Waals surface area contributed by atoms with Gasteiger partial charge in [-0.15, -0.1) is 0 Å². The van der Waals surface area contributed by atoms with Gasteiger partial charge in [-0.1, -0.05) is 47.5 Å². The highest BCUT2D eigenvalue weighted by molar-refractivity contribution is 8.18. The molecule has 3 aromatic rings. The monoisotopic (exact) mass is 540 g/mol. The van der Waals surface area contributed by atoms with Gasteiger partial charge in [0.25, 0.3) is 11.1 Å². The van der Waals surface area contributed by atoms with Crippen LogP contribution in [0.15, 0.2) is 65.6 Å². The molecule has 36 heavy (non-hydrogen) atoms. The topological polar surface area (TPSA) is 75.7 Å². The molecule has 1 aliphatic heterocycles. The molecule has 1 fully saturated rings. The van der Waals surface area contributed by atoms with E-state index in [-0.39, 0.29) is 18.1 Å². The maximum Gasteiger partial charge on any atom is 0.294 e. The van der Waals surface area contributed by atoms with Gasteiger partial charge in [-0.2, -0.15) is 0 Å². The van der Waals surface area contributed by atoms with Crippen LogP contribution in [-0.4, -0.2) is 28.5 Å². The highest BCUT2D eigenvalue weighted by Gasteiger charge is 2.36. The fourth-order valence-electron chi connectivity index (χ4n) is 3.44. The van der Waals surface area contributed by atoms with Crippen molar-refractivity contribution < 1.29 is 19.1 Å². The van der Waals surface area contributed by atoms with Crippen LogP contribution in [0.1, 0.15) is 22.3 Å². The van der Waals surface area contributed by atoms with Crippen LogP contribution in [0, 0.1) is 13.8 Å². The van der Waals surface area contributed by atoms with Gasteiger partial charge in [0.05, 0.1) is 4.91 Å². The van der Waals surface area contributed by atoms with E-state index >= 15 is 0 Å². The number of benzene rings is 3. The molecule has 184 valence electrons. The Balaban J connectivity index is 1.40. The van der Waals surface area contributed by atoms with Gasteiger partial charge >= 0.3 is 0 Å². The molecule has 0 radical (unpaired) electrons. The number of amides is 3. The number of nitrogens with zero attached hydrogens (tertiary/aromatic N) is 1. The van der Waals surface area contributed by atoms with E-state index in [0.717, 1.165) is 33.4 Å². The Morgan fingerprint density at radius 3 is 2.58 bits per heavy atom. The lowest BCUT2D eigenvalue weighted by Gasteiger charge is -2.13. The van der Waals surface area contributed by atoms with Crippen molar-refractivity contribution in [1.82, 2.24) is 4.90 Å². The maximum absolute atomic E-state index is 12.8. The summed E-state index contributed by atoms with van der Waals surface area (Å²) < 4.78 is 5.83. The molecule has 3 aromatic carbocycles. The summed E-state index contributed by atoms with van der Waals surface area (Å²) >= 11 is 12.9. The number of hydrogen-bond acceptors (Lipinski definition) is 5.